The van der Waals surface area contributed by atoms with Crippen LogP contribution >= 0.6 is 0 Å². The largest absolute Gasteiger partial charge is 0.360 e. The normalized spacial score (nSPS) is 19.8. The van der Waals surface area contributed by atoms with Crippen molar-refractivity contribution in [2.45, 2.75) is 40.5 Å². The summed E-state index contributed by atoms with van der Waals surface area (Å²) in [5.74, 6) is 2.92. The van der Waals surface area contributed by atoms with Crippen molar-refractivity contribution in [2.75, 3.05) is 18.0 Å². The van der Waals surface area contributed by atoms with E-state index >= 15 is 0 Å². The van der Waals surface area contributed by atoms with Crippen molar-refractivity contribution in [3.8, 4) is 22.4 Å². The Morgan fingerprint density at radius 3 is 2.54 bits per heavy atom. The number of aromatic nitrogens is 4. The zero-order chi connectivity index (χ0) is 19.7. The van der Waals surface area contributed by atoms with Gasteiger partial charge in [0.2, 0.25) is 5.95 Å². The van der Waals surface area contributed by atoms with E-state index in [0.29, 0.717) is 11.8 Å². The molecule has 0 saturated carbocycles. The van der Waals surface area contributed by atoms with Gasteiger partial charge >= 0.3 is 0 Å². The van der Waals surface area contributed by atoms with E-state index in [-0.39, 0.29) is 0 Å². The summed E-state index contributed by atoms with van der Waals surface area (Å²) in [6, 6.07) is 3.97. The lowest BCUT2D eigenvalue weighted by molar-refractivity contribution is 0.353. The third kappa shape index (κ3) is 3.51. The van der Waals surface area contributed by atoms with Crippen LogP contribution in [-0.2, 0) is 6.42 Å². The number of anilines is 1. The summed E-state index contributed by atoms with van der Waals surface area (Å²) in [5.41, 5.74) is 4.75. The van der Waals surface area contributed by atoms with Gasteiger partial charge in [0.1, 0.15) is 5.76 Å². The van der Waals surface area contributed by atoms with Crippen LogP contribution in [0.1, 0.15) is 38.6 Å². The summed E-state index contributed by atoms with van der Waals surface area (Å²) in [6.45, 7) is 10.6. The zero-order valence-electron chi connectivity index (χ0n) is 17.0. The standard InChI is InChI=1S/C22H27N5O/c1-5-19-20(16(4)26-28-19)21-18(17-6-8-23-9-7-17)11-24-22(25-21)27-12-14(2)10-15(3)13-27/h6-9,11,14-15H,5,10,12-13H2,1-4H3. The minimum atomic E-state index is 0.638. The van der Waals surface area contributed by atoms with Gasteiger partial charge in [-0.1, -0.05) is 25.9 Å². The molecule has 2 unspecified atom stereocenters. The van der Waals surface area contributed by atoms with E-state index in [1.807, 2.05) is 25.3 Å². The second kappa shape index (κ2) is 7.70. The van der Waals surface area contributed by atoms with E-state index in [2.05, 4.69) is 35.8 Å². The summed E-state index contributed by atoms with van der Waals surface area (Å²) in [6.07, 6.45) is 7.54. The second-order valence-electron chi connectivity index (χ2n) is 7.94. The highest BCUT2D eigenvalue weighted by atomic mass is 16.5. The van der Waals surface area contributed by atoms with Crippen LogP contribution in [0.2, 0.25) is 0 Å². The highest BCUT2D eigenvalue weighted by Crippen LogP contribution is 2.36. The monoisotopic (exact) mass is 377 g/mol. The van der Waals surface area contributed by atoms with Gasteiger partial charge in [-0.15, -0.1) is 0 Å². The number of hydrogen-bond acceptors (Lipinski definition) is 6. The molecule has 3 aromatic heterocycles. The molecule has 0 bridgehead atoms. The van der Waals surface area contributed by atoms with Crippen molar-refractivity contribution >= 4 is 5.95 Å². The van der Waals surface area contributed by atoms with Crippen LogP contribution in [0.15, 0.2) is 35.2 Å². The van der Waals surface area contributed by atoms with E-state index in [9.17, 15) is 0 Å². The molecule has 1 aliphatic rings. The number of hydrogen-bond donors (Lipinski definition) is 0. The van der Waals surface area contributed by atoms with Crippen LogP contribution < -0.4 is 4.90 Å². The van der Waals surface area contributed by atoms with Crippen LogP contribution in [0, 0.1) is 18.8 Å². The summed E-state index contributed by atoms with van der Waals surface area (Å²) in [5, 5.41) is 4.20. The molecular formula is C22H27N5O. The van der Waals surface area contributed by atoms with Crippen LogP contribution in [0.4, 0.5) is 5.95 Å². The highest BCUT2D eigenvalue weighted by molar-refractivity contribution is 5.82. The molecule has 4 heterocycles. The summed E-state index contributed by atoms with van der Waals surface area (Å²) in [4.78, 5) is 16.2. The Morgan fingerprint density at radius 2 is 1.86 bits per heavy atom. The Bertz CT molecular complexity index is 943. The van der Waals surface area contributed by atoms with E-state index in [4.69, 9.17) is 14.5 Å². The summed E-state index contributed by atoms with van der Waals surface area (Å²) >= 11 is 0. The minimum absolute atomic E-state index is 0.638. The highest BCUT2D eigenvalue weighted by Gasteiger charge is 2.26. The zero-order valence-corrected chi connectivity index (χ0v) is 17.0. The molecule has 6 heteroatoms. The average molecular weight is 377 g/mol. The van der Waals surface area contributed by atoms with Gasteiger partial charge in [0.25, 0.3) is 0 Å². The van der Waals surface area contributed by atoms with Gasteiger partial charge in [0.15, 0.2) is 0 Å². The molecular weight excluding hydrogens is 350 g/mol. The molecule has 6 nitrogen and oxygen atoms in total. The van der Waals surface area contributed by atoms with E-state index in [0.717, 1.165) is 59.3 Å². The number of piperidine rings is 1. The van der Waals surface area contributed by atoms with Crippen molar-refractivity contribution < 1.29 is 4.52 Å². The Balaban J connectivity index is 1.86. The maximum atomic E-state index is 5.57. The predicted molar refractivity (Wildman–Crippen MR) is 110 cm³/mol. The molecule has 4 rings (SSSR count). The Morgan fingerprint density at radius 1 is 1.14 bits per heavy atom. The maximum absolute atomic E-state index is 5.57. The van der Waals surface area contributed by atoms with Gasteiger partial charge in [0.05, 0.1) is 17.0 Å². The molecule has 0 amide bonds. The van der Waals surface area contributed by atoms with Gasteiger partial charge in [-0.3, -0.25) is 4.98 Å². The second-order valence-corrected chi connectivity index (χ2v) is 7.94. The third-order valence-corrected chi connectivity index (χ3v) is 5.41. The first-order chi connectivity index (χ1) is 13.6. The molecule has 0 radical (unpaired) electrons. The predicted octanol–water partition coefficient (Wildman–Crippen LogP) is 4.55. The van der Waals surface area contributed by atoms with Crippen LogP contribution in [0.3, 0.4) is 0 Å². The molecule has 146 valence electrons. The number of nitrogens with zero attached hydrogens (tertiary/aromatic N) is 5. The Hall–Kier alpha value is -2.76. The van der Waals surface area contributed by atoms with Gasteiger partial charge in [-0.05, 0) is 42.9 Å². The van der Waals surface area contributed by atoms with Crippen LogP contribution in [0.5, 0.6) is 0 Å². The van der Waals surface area contributed by atoms with E-state index in [1.165, 1.54) is 6.42 Å². The lowest BCUT2D eigenvalue weighted by atomic mass is 9.92. The van der Waals surface area contributed by atoms with E-state index < -0.39 is 0 Å². The SMILES string of the molecule is CCc1onc(C)c1-c1nc(N2CC(C)CC(C)C2)ncc1-c1ccncc1. The van der Waals surface area contributed by atoms with Crippen molar-refractivity contribution in [3.63, 3.8) is 0 Å². The first kappa shape index (κ1) is 18.6. The smallest absolute Gasteiger partial charge is 0.225 e. The van der Waals surface area contributed by atoms with Crippen molar-refractivity contribution in [3.05, 3.63) is 42.2 Å². The van der Waals surface area contributed by atoms with Gasteiger partial charge in [-0.25, -0.2) is 9.97 Å². The molecule has 1 fully saturated rings. The molecule has 0 spiro atoms. The average Bonchev–Trinajstić information content (AvgIpc) is 3.08. The van der Waals surface area contributed by atoms with Gasteiger partial charge in [0, 0.05) is 43.7 Å². The van der Waals surface area contributed by atoms with Crippen molar-refractivity contribution in [1.29, 1.82) is 0 Å². The van der Waals surface area contributed by atoms with Crippen molar-refractivity contribution in [1.82, 2.24) is 20.1 Å². The summed E-state index contributed by atoms with van der Waals surface area (Å²) < 4.78 is 5.57. The van der Waals surface area contributed by atoms with E-state index in [1.54, 1.807) is 12.4 Å². The fraction of sp³-hybridized carbons (Fsp3) is 0.455. The Kier molecular flexibility index (Phi) is 5.11. The minimum Gasteiger partial charge on any atom is -0.360 e. The molecule has 28 heavy (non-hydrogen) atoms. The number of rotatable bonds is 4. The maximum Gasteiger partial charge on any atom is 0.225 e. The molecule has 1 saturated heterocycles. The van der Waals surface area contributed by atoms with Crippen LogP contribution in [-0.4, -0.2) is 33.2 Å². The Labute approximate surface area is 166 Å². The number of aryl methyl sites for hydroxylation is 2. The molecule has 0 aromatic carbocycles. The molecule has 1 aliphatic heterocycles. The molecule has 0 N–H and O–H groups in total. The number of pyridine rings is 1. The first-order valence-electron chi connectivity index (χ1n) is 10.0. The third-order valence-electron chi connectivity index (χ3n) is 5.41. The summed E-state index contributed by atoms with van der Waals surface area (Å²) in [7, 11) is 0. The first-order valence-corrected chi connectivity index (χ1v) is 10.0. The van der Waals surface area contributed by atoms with Gasteiger partial charge < -0.3 is 9.42 Å². The quantitative estimate of drug-likeness (QED) is 0.664. The van der Waals surface area contributed by atoms with Gasteiger partial charge in [-0.2, -0.15) is 0 Å². The topological polar surface area (TPSA) is 67.9 Å². The van der Waals surface area contributed by atoms with Crippen molar-refractivity contribution in [2.24, 2.45) is 11.8 Å². The fourth-order valence-electron chi connectivity index (χ4n) is 4.25. The lowest BCUT2D eigenvalue weighted by Gasteiger charge is -2.35. The molecule has 2 atom stereocenters. The van der Waals surface area contributed by atoms with Crippen LogP contribution in [0.25, 0.3) is 22.4 Å². The lowest BCUT2D eigenvalue weighted by Crippen LogP contribution is -2.39. The molecule has 0 aliphatic carbocycles. The fourth-order valence-corrected chi connectivity index (χ4v) is 4.25. The molecule has 3 aromatic rings.